The van der Waals surface area contributed by atoms with E-state index in [1.165, 1.54) is 0 Å². The standard InChI is InChI=1S/C20H23NO2/c1-23-18-12-6-5-9-16(18)15-21-19(22)20(13-7-8-14-20)17-10-3-2-4-11-17/h2-6,9-12H,7-8,13-15H2,1H3,(H,21,22). The van der Waals surface area contributed by atoms with Gasteiger partial charge in [-0.1, -0.05) is 61.4 Å². The lowest BCUT2D eigenvalue weighted by atomic mass is 9.78. The zero-order valence-corrected chi connectivity index (χ0v) is 13.5. The van der Waals surface area contributed by atoms with Gasteiger partial charge in [-0.05, 0) is 24.5 Å². The van der Waals surface area contributed by atoms with Crippen LogP contribution in [-0.4, -0.2) is 13.0 Å². The van der Waals surface area contributed by atoms with E-state index in [2.05, 4.69) is 17.4 Å². The molecule has 2 aromatic rings. The maximum atomic E-state index is 13.0. The van der Waals surface area contributed by atoms with E-state index in [9.17, 15) is 4.79 Å². The number of rotatable bonds is 5. The second kappa shape index (κ2) is 6.86. The fourth-order valence-corrected chi connectivity index (χ4v) is 3.58. The van der Waals surface area contributed by atoms with Crippen molar-refractivity contribution in [2.75, 3.05) is 7.11 Å². The van der Waals surface area contributed by atoms with Gasteiger partial charge in [0.2, 0.25) is 5.91 Å². The topological polar surface area (TPSA) is 38.3 Å². The maximum absolute atomic E-state index is 13.0. The molecule has 0 unspecified atom stereocenters. The summed E-state index contributed by atoms with van der Waals surface area (Å²) in [6.45, 7) is 0.497. The van der Waals surface area contributed by atoms with Gasteiger partial charge in [0.15, 0.2) is 0 Å². The molecule has 0 atom stereocenters. The Morgan fingerprint density at radius 1 is 1.04 bits per heavy atom. The number of carbonyl (C=O) groups excluding carboxylic acids is 1. The molecule has 0 aliphatic heterocycles. The van der Waals surface area contributed by atoms with Crippen LogP contribution in [0.5, 0.6) is 5.75 Å². The number of hydrogen-bond acceptors (Lipinski definition) is 2. The van der Waals surface area contributed by atoms with E-state index in [1.54, 1.807) is 7.11 Å². The molecule has 3 rings (SSSR count). The van der Waals surface area contributed by atoms with Crippen molar-refractivity contribution in [3.8, 4) is 5.75 Å². The Hall–Kier alpha value is -2.29. The molecule has 1 saturated carbocycles. The number of benzene rings is 2. The number of carbonyl (C=O) groups is 1. The van der Waals surface area contributed by atoms with Crippen LogP contribution in [0.15, 0.2) is 54.6 Å². The summed E-state index contributed by atoms with van der Waals surface area (Å²) in [5.74, 6) is 0.945. The Bertz CT molecular complexity index is 660. The van der Waals surface area contributed by atoms with Crippen LogP contribution in [0.4, 0.5) is 0 Å². The smallest absolute Gasteiger partial charge is 0.230 e. The van der Waals surface area contributed by atoms with E-state index >= 15 is 0 Å². The third-order valence-electron chi connectivity index (χ3n) is 4.85. The summed E-state index contributed by atoms with van der Waals surface area (Å²) in [5, 5.41) is 3.14. The van der Waals surface area contributed by atoms with Crippen LogP contribution in [0, 0.1) is 0 Å². The van der Waals surface area contributed by atoms with Gasteiger partial charge >= 0.3 is 0 Å². The Morgan fingerprint density at radius 2 is 1.70 bits per heavy atom. The predicted octanol–water partition coefficient (Wildman–Crippen LogP) is 3.82. The van der Waals surface area contributed by atoms with Gasteiger partial charge < -0.3 is 10.1 Å². The Labute approximate surface area is 137 Å². The molecule has 1 amide bonds. The highest BCUT2D eigenvalue weighted by Gasteiger charge is 2.42. The van der Waals surface area contributed by atoms with Crippen molar-refractivity contribution in [2.45, 2.75) is 37.6 Å². The van der Waals surface area contributed by atoms with E-state index in [4.69, 9.17) is 4.74 Å². The summed E-state index contributed by atoms with van der Waals surface area (Å²) < 4.78 is 5.36. The third-order valence-corrected chi connectivity index (χ3v) is 4.85. The highest BCUT2D eigenvalue weighted by molar-refractivity contribution is 5.88. The molecule has 0 aromatic heterocycles. The summed E-state index contributed by atoms with van der Waals surface area (Å²) in [5.41, 5.74) is 1.77. The molecule has 0 saturated heterocycles. The van der Waals surface area contributed by atoms with Crippen molar-refractivity contribution < 1.29 is 9.53 Å². The molecule has 3 nitrogen and oxygen atoms in total. The number of hydrogen-bond donors (Lipinski definition) is 1. The average Bonchev–Trinajstić information content (AvgIpc) is 3.12. The molecule has 1 N–H and O–H groups in total. The number of amides is 1. The number of para-hydroxylation sites is 1. The van der Waals surface area contributed by atoms with Crippen molar-refractivity contribution >= 4 is 5.91 Å². The SMILES string of the molecule is COc1ccccc1CNC(=O)C1(c2ccccc2)CCCC1. The van der Waals surface area contributed by atoms with Gasteiger partial charge in [-0.3, -0.25) is 4.79 Å². The Morgan fingerprint density at radius 3 is 2.39 bits per heavy atom. The van der Waals surface area contributed by atoms with Gasteiger partial charge in [0.25, 0.3) is 0 Å². The first-order valence-electron chi connectivity index (χ1n) is 8.22. The zero-order chi connectivity index (χ0) is 16.1. The van der Waals surface area contributed by atoms with E-state index in [0.717, 1.165) is 42.6 Å². The second-order valence-electron chi connectivity index (χ2n) is 6.15. The quantitative estimate of drug-likeness (QED) is 0.911. The van der Waals surface area contributed by atoms with Crippen LogP contribution < -0.4 is 10.1 Å². The second-order valence-corrected chi connectivity index (χ2v) is 6.15. The Kier molecular flexibility index (Phi) is 4.65. The van der Waals surface area contributed by atoms with Crippen LogP contribution in [0.3, 0.4) is 0 Å². The minimum Gasteiger partial charge on any atom is -0.496 e. The molecule has 0 heterocycles. The molecular formula is C20H23NO2. The van der Waals surface area contributed by atoms with Gasteiger partial charge in [-0.2, -0.15) is 0 Å². The minimum absolute atomic E-state index is 0.132. The summed E-state index contributed by atoms with van der Waals surface area (Å²) in [6, 6.07) is 18.0. The maximum Gasteiger partial charge on any atom is 0.230 e. The summed E-state index contributed by atoms with van der Waals surface area (Å²) in [4.78, 5) is 13.0. The summed E-state index contributed by atoms with van der Waals surface area (Å²) in [7, 11) is 1.66. The fraction of sp³-hybridized carbons (Fsp3) is 0.350. The van der Waals surface area contributed by atoms with Gasteiger partial charge in [0.05, 0.1) is 12.5 Å². The fourth-order valence-electron chi connectivity index (χ4n) is 3.58. The number of methoxy groups -OCH3 is 1. The molecule has 0 bridgehead atoms. The van der Waals surface area contributed by atoms with Crippen molar-refractivity contribution in [1.29, 1.82) is 0 Å². The van der Waals surface area contributed by atoms with Crippen molar-refractivity contribution in [3.05, 3.63) is 65.7 Å². The van der Waals surface area contributed by atoms with Crippen LogP contribution in [0.1, 0.15) is 36.8 Å². The lowest BCUT2D eigenvalue weighted by Crippen LogP contribution is -2.42. The van der Waals surface area contributed by atoms with Gasteiger partial charge in [0.1, 0.15) is 5.75 Å². The lowest BCUT2D eigenvalue weighted by molar-refractivity contribution is -0.126. The van der Waals surface area contributed by atoms with Crippen LogP contribution in [-0.2, 0) is 16.8 Å². The Balaban J connectivity index is 1.78. The van der Waals surface area contributed by atoms with E-state index in [1.807, 2.05) is 42.5 Å². The first-order valence-corrected chi connectivity index (χ1v) is 8.22. The lowest BCUT2D eigenvalue weighted by Gasteiger charge is -2.28. The summed E-state index contributed by atoms with van der Waals surface area (Å²) in [6.07, 6.45) is 4.07. The van der Waals surface area contributed by atoms with Gasteiger partial charge in [-0.15, -0.1) is 0 Å². The third kappa shape index (κ3) is 3.09. The van der Waals surface area contributed by atoms with Gasteiger partial charge in [-0.25, -0.2) is 0 Å². The number of nitrogens with one attached hydrogen (secondary N) is 1. The molecule has 3 heteroatoms. The van der Waals surface area contributed by atoms with Crippen LogP contribution >= 0.6 is 0 Å². The molecule has 0 spiro atoms. The molecule has 1 aliphatic rings. The normalized spacial score (nSPS) is 16.0. The average molecular weight is 309 g/mol. The van der Waals surface area contributed by atoms with Gasteiger partial charge in [0, 0.05) is 12.1 Å². The highest BCUT2D eigenvalue weighted by Crippen LogP contribution is 2.41. The molecule has 1 fully saturated rings. The largest absolute Gasteiger partial charge is 0.496 e. The first-order chi connectivity index (χ1) is 11.3. The highest BCUT2D eigenvalue weighted by atomic mass is 16.5. The monoisotopic (exact) mass is 309 g/mol. The van der Waals surface area contributed by atoms with Crippen LogP contribution in [0.25, 0.3) is 0 Å². The van der Waals surface area contributed by atoms with E-state index in [-0.39, 0.29) is 11.3 Å². The van der Waals surface area contributed by atoms with Crippen molar-refractivity contribution in [1.82, 2.24) is 5.32 Å². The first kappa shape index (κ1) is 15.6. The van der Waals surface area contributed by atoms with E-state index in [0.29, 0.717) is 6.54 Å². The molecular weight excluding hydrogens is 286 g/mol. The molecule has 0 radical (unpaired) electrons. The molecule has 120 valence electrons. The van der Waals surface area contributed by atoms with Crippen molar-refractivity contribution in [3.63, 3.8) is 0 Å². The molecule has 1 aliphatic carbocycles. The zero-order valence-electron chi connectivity index (χ0n) is 13.5. The number of ether oxygens (including phenoxy) is 1. The van der Waals surface area contributed by atoms with Crippen LogP contribution in [0.2, 0.25) is 0 Å². The predicted molar refractivity (Wildman–Crippen MR) is 91.4 cm³/mol. The molecule has 23 heavy (non-hydrogen) atoms. The minimum atomic E-state index is -0.372. The summed E-state index contributed by atoms with van der Waals surface area (Å²) >= 11 is 0. The molecule has 2 aromatic carbocycles. The van der Waals surface area contributed by atoms with E-state index < -0.39 is 0 Å². The van der Waals surface area contributed by atoms with Crippen molar-refractivity contribution in [2.24, 2.45) is 0 Å².